The molecule has 0 unspecified atom stereocenters. The number of nitrogens with zero attached hydrogens (tertiary/aromatic N) is 3. The number of carbonyl (C=O) groups is 2. The van der Waals surface area contributed by atoms with Gasteiger partial charge in [0.1, 0.15) is 11.5 Å². The van der Waals surface area contributed by atoms with Crippen molar-refractivity contribution in [3.63, 3.8) is 0 Å². The summed E-state index contributed by atoms with van der Waals surface area (Å²) in [5.41, 5.74) is 8.29. The highest BCUT2D eigenvalue weighted by Crippen LogP contribution is 2.20. The molecule has 0 radical (unpaired) electrons. The molecule has 3 N–H and O–H groups in total. The lowest BCUT2D eigenvalue weighted by Crippen LogP contribution is -2.17. The average molecular weight is 403 g/mol. The Bertz CT molecular complexity index is 1260. The Morgan fingerprint density at radius 2 is 1.87 bits per heavy atom. The lowest BCUT2D eigenvalue weighted by molar-refractivity contribution is 0.100. The molecule has 30 heavy (non-hydrogen) atoms. The van der Waals surface area contributed by atoms with E-state index in [4.69, 9.17) is 5.73 Å². The van der Waals surface area contributed by atoms with E-state index in [1.54, 1.807) is 54.2 Å². The number of hydrogen-bond acceptors (Lipinski definition) is 4. The maximum absolute atomic E-state index is 13.1. The zero-order chi connectivity index (χ0) is 21.3. The number of pyridine rings is 1. The van der Waals surface area contributed by atoms with Crippen LogP contribution in [0.1, 0.15) is 32.1 Å². The number of amides is 2. The molecular formula is C22H18FN5O2. The van der Waals surface area contributed by atoms with Gasteiger partial charge in [-0.05, 0) is 36.8 Å². The third kappa shape index (κ3) is 3.88. The first-order valence-corrected chi connectivity index (χ1v) is 9.20. The number of carbonyl (C=O) groups excluding carboxylic acids is 2. The smallest absolute Gasteiger partial charge is 0.274 e. The van der Waals surface area contributed by atoms with Gasteiger partial charge in [-0.15, -0.1) is 0 Å². The molecule has 0 aliphatic carbocycles. The van der Waals surface area contributed by atoms with Crippen LogP contribution in [-0.2, 0) is 6.54 Å². The Morgan fingerprint density at radius 1 is 1.13 bits per heavy atom. The molecule has 7 nitrogen and oxygen atoms in total. The van der Waals surface area contributed by atoms with Crippen LogP contribution in [0, 0.1) is 12.7 Å². The van der Waals surface area contributed by atoms with E-state index >= 15 is 0 Å². The predicted octanol–water partition coefficient (Wildman–Crippen LogP) is 3.28. The van der Waals surface area contributed by atoms with Crippen molar-refractivity contribution >= 4 is 28.4 Å². The van der Waals surface area contributed by atoms with E-state index in [9.17, 15) is 14.0 Å². The Kier molecular flexibility index (Phi) is 4.97. The number of halogens is 1. The van der Waals surface area contributed by atoms with Crippen molar-refractivity contribution in [3.05, 3.63) is 89.1 Å². The third-order valence-corrected chi connectivity index (χ3v) is 4.67. The van der Waals surface area contributed by atoms with Gasteiger partial charge in [0.15, 0.2) is 0 Å². The Balaban J connectivity index is 1.59. The first-order valence-electron chi connectivity index (χ1n) is 9.20. The number of aryl methyl sites for hydroxylation is 1. The molecule has 0 atom stereocenters. The van der Waals surface area contributed by atoms with Crippen LogP contribution in [0.2, 0.25) is 0 Å². The summed E-state index contributed by atoms with van der Waals surface area (Å²) in [4.78, 5) is 29.0. The molecule has 2 amide bonds. The molecule has 8 heteroatoms. The van der Waals surface area contributed by atoms with Crippen LogP contribution in [0.5, 0.6) is 0 Å². The Morgan fingerprint density at radius 3 is 2.60 bits per heavy atom. The van der Waals surface area contributed by atoms with Gasteiger partial charge in [-0.2, -0.15) is 5.10 Å². The van der Waals surface area contributed by atoms with Crippen LogP contribution in [0.4, 0.5) is 10.1 Å². The summed E-state index contributed by atoms with van der Waals surface area (Å²) < 4.78 is 14.7. The van der Waals surface area contributed by atoms with Crippen molar-refractivity contribution in [2.75, 3.05) is 5.32 Å². The number of para-hydroxylation sites is 1. The lowest BCUT2D eigenvalue weighted by Gasteiger charge is -2.07. The van der Waals surface area contributed by atoms with Crippen LogP contribution in [0.3, 0.4) is 0 Å². The van der Waals surface area contributed by atoms with E-state index in [0.29, 0.717) is 28.8 Å². The van der Waals surface area contributed by atoms with Crippen molar-refractivity contribution in [1.29, 1.82) is 0 Å². The van der Waals surface area contributed by atoms with Crippen molar-refractivity contribution in [3.8, 4) is 0 Å². The molecule has 2 aromatic carbocycles. The molecule has 4 rings (SSSR count). The second-order valence-electron chi connectivity index (χ2n) is 6.84. The van der Waals surface area contributed by atoms with Gasteiger partial charge >= 0.3 is 0 Å². The van der Waals surface area contributed by atoms with Crippen molar-refractivity contribution in [1.82, 2.24) is 14.8 Å². The molecule has 150 valence electrons. The topological polar surface area (TPSA) is 103 Å². The van der Waals surface area contributed by atoms with Gasteiger partial charge in [0.25, 0.3) is 5.91 Å². The summed E-state index contributed by atoms with van der Waals surface area (Å²) in [6.07, 6.45) is 1.69. The number of primary amides is 1. The molecule has 0 saturated carbocycles. The standard InChI is InChI=1S/C22H18FN5O2/c1-13-20(12-28(27-13)11-14-6-8-15(23)9-7-14)26-22(30)19-10-17(21(24)29)16-4-2-3-5-18(16)25-19/h2-10,12H,11H2,1H3,(H2,24,29)(H,26,30). The van der Waals surface area contributed by atoms with Crippen LogP contribution < -0.4 is 11.1 Å². The molecule has 2 aromatic heterocycles. The fraction of sp³-hybridized carbons (Fsp3) is 0.0909. The van der Waals surface area contributed by atoms with Crippen LogP contribution >= 0.6 is 0 Å². The molecule has 2 heterocycles. The van der Waals surface area contributed by atoms with Gasteiger partial charge in [-0.1, -0.05) is 30.3 Å². The number of nitrogens with two attached hydrogens (primary N) is 1. The Hall–Kier alpha value is -4.07. The molecule has 4 aromatic rings. The average Bonchev–Trinajstić information content (AvgIpc) is 3.07. The normalized spacial score (nSPS) is 10.9. The molecule has 0 bridgehead atoms. The van der Waals surface area contributed by atoms with E-state index in [0.717, 1.165) is 5.56 Å². The summed E-state index contributed by atoms with van der Waals surface area (Å²) >= 11 is 0. The maximum atomic E-state index is 13.1. The number of fused-ring (bicyclic) bond motifs is 1. The first kappa shape index (κ1) is 19.3. The highest BCUT2D eigenvalue weighted by molar-refractivity contribution is 6.10. The largest absolute Gasteiger partial charge is 0.366 e. The van der Waals surface area contributed by atoms with Gasteiger partial charge in [0.2, 0.25) is 5.91 Å². The monoisotopic (exact) mass is 403 g/mol. The second-order valence-corrected chi connectivity index (χ2v) is 6.84. The Labute approximate surface area is 171 Å². The van der Waals surface area contributed by atoms with Crippen molar-refractivity contribution in [2.24, 2.45) is 5.73 Å². The highest BCUT2D eigenvalue weighted by atomic mass is 19.1. The fourth-order valence-corrected chi connectivity index (χ4v) is 3.18. The third-order valence-electron chi connectivity index (χ3n) is 4.67. The molecule has 0 saturated heterocycles. The SMILES string of the molecule is Cc1nn(Cc2ccc(F)cc2)cc1NC(=O)c1cc(C(N)=O)c2ccccc2n1. The van der Waals surface area contributed by atoms with Crippen molar-refractivity contribution < 1.29 is 14.0 Å². The van der Waals surface area contributed by atoms with Gasteiger partial charge in [0.05, 0.1) is 29.0 Å². The number of aromatic nitrogens is 3. The number of benzene rings is 2. The fourth-order valence-electron chi connectivity index (χ4n) is 3.18. The minimum atomic E-state index is -0.633. The minimum Gasteiger partial charge on any atom is -0.366 e. The molecule has 0 aliphatic heterocycles. The highest BCUT2D eigenvalue weighted by Gasteiger charge is 2.17. The van der Waals surface area contributed by atoms with Crippen LogP contribution in [0.15, 0.2) is 60.8 Å². The summed E-state index contributed by atoms with van der Waals surface area (Å²) in [7, 11) is 0. The number of anilines is 1. The summed E-state index contributed by atoms with van der Waals surface area (Å²) in [5.74, 6) is -1.42. The van der Waals surface area contributed by atoms with Crippen LogP contribution in [0.25, 0.3) is 10.9 Å². The second kappa shape index (κ2) is 7.75. The molecule has 0 fully saturated rings. The molecule has 0 aliphatic rings. The van der Waals surface area contributed by atoms with Gasteiger partial charge in [-0.3, -0.25) is 14.3 Å². The van der Waals surface area contributed by atoms with E-state index < -0.39 is 11.8 Å². The number of hydrogen-bond donors (Lipinski definition) is 2. The minimum absolute atomic E-state index is 0.0770. The zero-order valence-electron chi connectivity index (χ0n) is 16.1. The van der Waals surface area contributed by atoms with E-state index in [-0.39, 0.29) is 17.1 Å². The van der Waals surface area contributed by atoms with E-state index in [1.165, 1.54) is 18.2 Å². The van der Waals surface area contributed by atoms with Crippen molar-refractivity contribution in [2.45, 2.75) is 13.5 Å². The van der Waals surface area contributed by atoms with Gasteiger partial charge < -0.3 is 11.1 Å². The number of rotatable bonds is 5. The number of nitrogens with one attached hydrogen (secondary N) is 1. The van der Waals surface area contributed by atoms with E-state index in [2.05, 4.69) is 15.4 Å². The van der Waals surface area contributed by atoms with Crippen LogP contribution in [-0.4, -0.2) is 26.6 Å². The molecule has 0 spiro atoms. The first-order chi connectivity index (χ1) is 14.4. The zero-order valence-corrected chi connectivity index (χ0v) is 16.1. The van der Waals surface area contributed by atoms with Gasteiger partial charge in [0, 0.05) is 11.6 Å². The summed E-state index contributed by atoms with van der Waals surface area (Å²) in [5, 5.41) is 7.75. The quantitative estimate of drug-likeness (QED) is 0.534. The maximum Gasteiger partial charge on any atom is 0.274 e. The predicted molar refractivity (Wildman–Crippen MR) is 111 cm³/mol. The summed E-state index contributed by atoms with van der Waals surface area (Å²) in [6.45, 7) is 2.19. The summed E-state index contributed by atoms with van der Waals surface area (Å²) in [6, 6.07) is 14.5. The van der Waals surface area contributed by atoms with E-state index in [1.807, 2.05) is 0 Å². The molecular weight excluding hydrogens is 385 g/mol. The van der Waals surface area contributed by atoms with Gasteiger partial charge in [-0.25, -0.2) is 9.37 Å². The lowest BCUT2D eigenvalue weighted by atomic mass is 10.1.